The molecule has 0 spiro atoms. The lowest BCUT2D eigenvalue weighted by Gasteiger charge is -2.31. The number of benzene rings is 1. The number of carbonyl (C=O) groups excluding carboxylic acids is 2. The Hall–Kier alpha value is -1.92. The van der Waals surface area contributed by atoms with Crippen LogP contribution in [0.3, 0.4) is 0 Å². The van der Waals surface area contributed by atoms with Crippen molar-refractivity contribution in [3.05, 3.63) is 35.9 Å². The van der Waals surface area contributed by atoms with Crippen LogP contribution >= 0.6 is 0 Å². The molecule has 1 N–H and O–H groups in total. The molecule has 1 fully saturated rings. The Bertz CT molecular complexity index is 542. The van der Waals surface area contributed by atoms with Gasteiger partial charge in [-0.05, 0) is 33.0 Å². The van der Waals surface area contributed by atoms with Crippen LogP contribution in [0.15, 0.2) is 30.3 Å². The van der Waals surface area contributed by atoms with Gasteiger partial charge in [0.1, 0.15) is 6.04 Å². The van der Waals surface area contributed by atoms with Crippen molar-refractivity contribution < 1.29 is 14.3 Å². The molecule has 6 heteroatoms. The van der Waals surface area contributed by atoms with Gasteiger partial charge in [0.25, 0.3) is 0 Å². The molecule has 2 amide bonds. The van der Waals surface area contributed by atoms with E-state index < -0.39 is 6.04 Å². The number of ether oxygens (including phenoxy) is 1. The van der Waals surface area contributed by atoms with Crippen molar-refractivity contribution in [3.8, 4) is 0 Å². The Morgan fingerprint density at radius 2 is 1.83 bits per heavy atom. The van der Waals surface area contributed by atoms with Crippen LogP contribution in [0, 0.1) is 0 Å². The zero-order valence-electron chi connectivity index (χ0n) is 14.7. The Morgan fingerprint density at radius 3 is 2.42 bits per heavy atom. The molecular formula is C18H27N3O3. The van der Waals surface area contributed by atoms with E-state index in [1.54, 1.807) is 11.8 Å². The van der Waals surface area contributed by atoms with E-state index in [2.05, 4.69) is 5.32 Å². The van der Waals surface area contributed by atoms with Gasteiger partial charge in [-0.2, -0.15) is 0 Å². The zero-order valence-corrected chi connectivity index (χ0v) is 14.7. The zero-order chi connectivity index (χ0) is 17.5. The Labute approximate surface area is 143 Å². The number of hydrogen-bond donors (Lipinski definition) is 1. The summed E-state index contributed by atoms with van der Waals surface area (Å²) in [5.41, 5.74) is 1.10. The van der Waals surface area contributed by atoms with Gasteiger partial charge in [0.2, 0.25) is 11.8 Å². The molecule has 6 nitrogen and oxygen atoms in total. The van der Waals surface area contributed by atoms with Crippen molar-refractivity contribution in [1.29, 1.82) is 0 Å². The third-order valence-corrected chi connectivity index (χ3v) is 4.25. The van der Waals surface area contributed by atoms with Crippen LogP contribution in [-0.4, -0.2) is 74.1 Å². The molecule has 1 aromatic carbocycles. The lowest BCUT2D eigenvalue weighted by molar-refractivity contribution is -0.140. The molecule has 0 unspecified atom stereocenters. The average Bonchev–Trinajstić information content (AvgIpc) is 2.60. The second-order valence-electron chi connectivity index (χ2n) is 6.34. The number of hydrogen-bond acceptors (Lipinski definition) is 4. The number of carbonyl (C=O) groups is 2. The van der Waals surface area contributed by atoms with Crippen LogP contribution in [0.2, 0.25) is 0 Å². The van der Waals surface area contributed by atoms with E-state index in [1.807, 2.05) is 49.3 Å². The van der Waals surface area contributed by atoms with E-state index in [4.69, 9.17) is 4.74 Å². The van der Waals surface area contributed by atoms with Crippen LogP contribution in [0.5, 0.6) is 0 Å². The van der Waals surface area contributed by atoms with Crippen LogP contribution in [-0.2, 0) is 20.7 Å². The van der Waals surface area contributed by atoms with E-state index in [9.17, 15) is 9.59 Å². The predicted molar refractivity (Wildman–Crippen MR) is 92.6 cm³/mol. The molecule has 0 bridgehead atoms. The molecule has 1 aliphatic rings. The largest absolute Gasteiger partial charge is 0.378 e. The molecule has 0 aromatic heterocycles. The molecule has 2 rings (SSSR count). The summed E-state index contributed by atoms with van der Waals surface area (Å²) >= 11 is 0. The first-order valence-corrected chi connectivity index (χ1v) is 8.36. The normalized spacial score (nSPS) is 17.4. The number of likely N-dealkylation sites (N-methyl/N-ethyl adjacent to an activating group) is 1. The quantitative estimate of drug-likeness (QED) is 0.825. The van der Waals surface area contributed by atoms with Gasteiger partial charge in [0, 0.05) is 13.1 Å². The van der Waals surface area contributed by atoms with E-state index in [0.29, 0.717) is 32.7 Å². The SMILES string of the molecule is C[C@@H](NC(=O)[C@H](Cc1ccccc1)N(C)C)C(=O)N1CCOCC1. The molecule has 1 aliphatic heterocycles. The number of nitrogens with one attached hydrogen (secondary N) is 1. The summed E-state index contributed by atoms with van der Waals surface area (Å²) in [6.45, 7) is 4.02. The average molecular weight is 333 g/mol. The first-order chi connectivity index (χ1) is 11.5. The van der Waals surface area contributed by atoms with Gasteiger partial charge in [-0.1, -0.05) is 30.3 Å². The standard InChI is InChI=1S/C18H27N3O3/c1-14(18(23)21-9-11-24-12-10-21)19-17(22)16(20(2)3)13-15-7-5-4-6-8-15/h4-8,14,16H,9-13H2,1-3H3,(H,19,22)/t14-,16+/m1/s1. The van der Waals surface area contributed by atoms with Crippen LogP contribution in [0.25, 0.3) is 0 Å². The molecule has 0 radical (unpaired) electrons. The maximum absolute atomic E-state index is 12.6. The third kappa shape index (κ3) is 5.04. The summed E-state index contributed by atoms with van der Waals surface area (Å²) < 4.78 is 5.26. The summed E-state index contributed by atoms with van der Waals surface area (Å²) in [5, 5.41) is 2.87. The van der Waals surface area contributed by atoms with E-state index in [-0.39, 0.29) is 17.9 Å². The summed E-state index contributed by atoms with van der Waals surface area (Å²) in [4.78, 5) is 28.7. The monoisotopic (exact) mass is 333 g/mol. The highest BCUT2D eigenvalue weighted by Crippen LogP contribution is 2.08. The smallest absolute Gasteiger partial charge is 0.245 e. The minimum atomic E-state index is -0.533. The van der Waals surface area contributed by atoms with Crippen molar-refractivity contribution in [1.82, 2.24) is 15.1 Å². The van der Waals surface area contributed by atoms with E-state index >= 15 is 0 Å². The molecule has 1 aromatic rings. The summed E-state index contributed by atoms with van der Waals surface area (Å²) in [6.07, 6.45) is 0.609. The van der Waals surface area contributed by atoms with Crippen molar-refractivity contribution >= 4 is 11.8 Å². The minimum absolute atomic E-state index is 0.0520. The van der Waals surface area contributed by atoms with Gasteiger partial charge in [-0.15, -0.1) is 0 Å². The Kier molecular flexibility index (Phi) is 6.75. The first kappa shape index (κ1) is 18.4. The fraction of sp³-hybridized carbons (Fsp3) is 0.556. The van der Waals surface area contributed by atoms with Gasteiger partial charge in [-0.25, -0.2) is 0 Å². The topological polar surface area (TPSA) is 61.9 Å². The van der Waals surface area contributed by atoms with Gasteiger partial charge < -0.3 is 15.0 Å². The highest BCUT2D eigenvalue weighted by Gasteiger charge is 2.27. The van der Waals surface area contributed by atoms with Gasteiger partial charge in [-0.3, -0.25) is 14.5 Å². The molecule has 0 saturated carbocycles. The fourth-order valence-corrected chi connectivity index (χ4v) is 2.78. The number of morpholine rings is 1. The maximum Gasteiger partial charge on any atom is 0.245 e. The molecule has 1 saturated heterocycles. The second kappa shape index (κ2) is 8.80. The summed E-state index contributed by atoms with van der Waals surface area (Å²) in [7, 11) is 3.75. The predicted octanol–water partition coefficient (Wildman–Crippen LogP) is 0.523. The number of amides is 2. The lowest BCUT2D eigenvalue weighted by atomic mass is 10.0. The maximum atomic E-state index is 12.6. The molecule has 2 atom stereocenters. The Balaban J connectivity index is 1.95. The highest BCUT2D eigenvalue weighted by molar-refractivity contribution is 5.89. The van der Waals surface area contributed by atoms with Crippen molar-refractivity contribution in [3.63, 3.8) is 0 Å². The van der Waals surface area contributed by atoms with E-state index in [0.717, 1.165) is 5.56 Å². The van der Waals surface area contributed by atoms with Gasteiger partial charge in [0.15, 0.2) is 0 Å². The Morgan fingerprint density at radius 1 is 1.21 bits per heavy atom. The molecule has 132 valence electrons. The van der Waals surface area contributed by atoms with Crippen LogP contribution in [0.4, 0.5) is 0 Å². The molecule has 0 aliphatic carbocycles. The molecular weight excluding hydrogens is 306 g/mol. The highest BCUT2D eigenvalue weighted by atomic mass is 16.5. The van der Waals surface area contributed by atoms with Crippen molar-refractivity contribution in [2.24, 2.45) is 0 Å². The van der Waals surface area contributed by atoms with Gasteiger partial charge >= 0.3 is 0 Å². The minimum Gasteiger partial charge on any atom is -0.378 e. The molecule has 24 heavy (non-hydrogen) atoms. The summed E-state index contributed by atoms with van der Waals surface area (Å²) in [6, 6.07) is 9.05. The third-order valence-electron chi connectivity index (χ3n) is 4.25. The fourth-order valence-electron chi connectivity index (χ4n) is 2.78. The second-order valence-corrected chi connectivity index (χ2v) is 6.34. The van der Waals surface area contributed by atoms with E-state index in [1.165, 1.54) is 0 Å². The van der Waals surface area contributed by atoms with Gasteiger partial charge in [0.05, 0.1) is 19.3 Å². The van der Waals surface area contributed by atoms with Crippen LogP contribution < -0.4 is 5.32 Å². The first-order valence-electron chi connectivity index (χ1n) is 8.36. The molecule has 1 heterocycles. The number of nitrogens with zero attached hydrogens (tertiary/aromatic N) is 2. The summed E-state index contributed by atoms with van der Waals surface area (Å²) in [5.74, 6) is -0.179. The number of rotatable bonds is 6. The lowest BCUT2D eigenvalue weighted by Crippen LogP contribution is -2.54. The van der Waals surface area contributed by atoms with Crippen molar-refractivity contribution in [2.75, 3.05) is 40.4 Å². The van der Waals surface area contributed by atoms with Crippen LogP contribution in [0.1, 0.15) is 12.5 Å². The van der Waals surface area contributed by atoms with Crippen molar-refractivity contribution in [2.45, 2.75) is 25.4 Å².